The Morgan fingerprint density at radius 3 is 2.45 bits per heavy atom. The van der Waals surface area contributed by atoms with Gasteiger partial charge in [-0.25, -0.2) is 14.4 Å². The van der Waals surface area contributed by atoms with Crippen molar-refractivity contribution in [3.05, 3.63) is 42.0 Å². The van der Waals surface area contributed by atoms with Crippen LogP contribution >= 0.6 is 0 Å². The molecule has 0 saturated carbocycles. The molecule has 0 amide bonds. The molecule has 4 rings (SSSR count). The van der Waals surface area contributed by atoms with Gasteiger partial charge in [-0.3, -0.25) is 10.2 Å². The number of amidine groups is 1. The van der Waals surface area contributed by atoms with Crippen molar-refractivity contribution in [2.24, 2.45) is 5.73 Å². The molecule has 11 heteroatoms. The second-order valence-corrected chi connectivity index (χ2v) is 8.09. The minimum atomic E-state index is -0.653. The molecule has 10 nitrogen and oxygen atoms in total. The molecule has 3 heterocycles. The van der Waals surface area contributed by atoms with Crippen molar-refractivity contribution in [2.75, 3.05) is 61.1 Å². The third kappa shape index (κ3) is 5.30. The van der Waals surface area contributed by atoms with E-state index >= 15 is 4.39 Å². The molecule has 2 aliphatic heterocycles. The molecule has 3 N–H and O–H groups in total. The Kier molecular flexibility index (Phi) is 6.87. The molecule has 0 unspecified atom stereocenters. The first-order valence-electron chi connectivity index (χ1n) is 10.8. The maximum atomic E-state index is 15.1. The molecule has 2 aliphatic rings. The molecule has 0 bridgehead atoms. The van der Waals surface area contributed by atoms with Gasteiger partial charge in [-0.05, 0) is 6.07 Å². The lowest BCUT2D eigenvalue weighted by Gasteiger charge is -2.39. The number of methoxy groups -OCH3 is 1. The number of nitrogens with zero attached hydrogens (tertiary/aromatic N) is 5. The van der Waals surface area contributed by atoms with E-state index in [9.17, 15) is 4.79 Å². The summed E-state index contributed by atoms with van der Waals surface area (Å²) in [4.78, 5) is 26.8. The van der Waals surface area contributed by atoms with Crippen molar-refractivity contribution in [3.8, 4) is 0 Å². The van der Waals surface area contributed by atoms with Crippen LogP contribution in [0.5, 0.6) is 0 Å². The van der Waals surface area contributed by atoms with Gasteiger partial charge in [0, 0.05) is 51.9 Å². The number of hydrogen-bond acceptors (Lipinski definition) is 9. The first kappa shape index (κ1) is 22.7. The summed E-state index contributed by atoms with van der Waals surface area (Å²) in [6.45, 7) is 4.03. The Labute approximate surface area is 191 Å². The van der Waals surface area contributed by atoms with E-state index in [2.05, 4.69) is 19.8 Å². The van der Waals surface area contributed by atoms with E-state index in [-0.39, 0.29) is 30.5 Å². The molecule has 0 aliphatic carbocycles. The van der Waals surface area contributed by atoms with Gasteiger partial charge in [0.1, 0.15) is 18.9 Å². The van der Waals surface area contributed by atoms with Crippen LogP contribution in [0, 0.1) is 11.2 Å². The van der Waals surface area contributed by atoms with Gasteiger partial charge in [0.05, 0.1) is 29.9 Å². The van der Waals surface area contributed by atoms with E-state index in [1.54, 1.807) is 25.3 Å². The van der Waals surface area contributed by atoms with Gasteiger partial charge in [0.2, 0.25) is 5.95 Å². The van der Waals surface area contributed by atoms with Gasteiger partial charge < -0.3 is 29.9 Å². The molecular weight excluding hydrogens is 429 g/mol. The van der Waals surface area contributed by atoms with E-state index in [1.165, 1.54) is 0 Å². The smallest absolute Gasteiger partial charge is 0.313 e. The van der Waals surface area contributed by atoms with Crippen LogP contribution in [0.4, 0.5) is 21.7 Å². The third-order valence-corrected chi connectivity index (χ3v) is 5.86. The fourth-order valence-corrected chi connectivity index (χ4v) is 3.87. The standard InChI is InChI=1S/C22H28FN7O3/c1-32-17-12-30(13-17)16-10-26-22(27-11-16)29-7-5-28(6-8-29)18-4-2-3-15(21(18)23)14-33-20(31)9-19(24)25/h2-4,10-11,17H,5-9,12-14H2,1H3,(H3,24,25). The highest BCUT2D eigenvalue weighted by molar-refractivity contribution is 5.94. The van der Waals surface area contributed by atoms with Crippen molar-refractivity contribution in [3.63, 3.8) is 0 Å². The molecule has 2 aromatic rings. The van der Waals surface area contributed by atoms with Crippen molar-refractivity contribution in [2.45, 2.75) is 19.1 Å². The number of piperazine rings is 1. The summed E-state index contributed by atoms with van der Waals surface area (Å²) in [5.74, 6) is -0.689. The number of hydrogen-bond donors (Lipinski definition) is 2. The summed E-state index contributed by atoms with van der Waals surface area (Å²) in [7, 11) is 1.72. The summed E-state index contributed by atoms with van der Waals surface area (Å²) in [6, 6.07) is 5.04. The Morgan fingerprint density at radius 2 is 1.82 bits per heavy atom. The van der Waals surface area contributed by atoms with Gasteiger partial charge in [0.15, 0.2) is 5.82 Å². The van der Waals surface area contributed by atoms with Crippen LogP contribution < -0.4 is 20.4 Å². The minimum absolute atomic E-state index is 0.200. The Bertz CT molecular complexity index is 990. The maximum absolute atomic E-state index is 15.1. The normalized spacial score (nSPS) is 16.5. The van der Waals surface area contributed by atoms with Gasteiger partial charge in [-0.2, -0.15) is 0 Å². The van der Waals surface area contributed by atoms with Gasteiger partial charge in [-0.1, -0.05) is 12.1 Å². The number of nitrogens with two attached hydrogens (primary N) is 1. The highest BCUT2D eigenvalue weighted by atomic mass is 19.1. The minimum Gasteiger partial charge on any atom is -0.460 e. The molecule has 0 radical (unpaired) electrons. The predicted molar refractivity (Wildman–Crippen MR) is 122 cm³/mol. The fraction of sp³-hybridized carbons (Fsp3) is 0.455. The number of ether oxygens (including phenoxy) is 2. The van der Waals surface area contributed by atoms with Crippen molar-refractivity contribution in [1.82, 2.24) is 9.97 Å². The Hall–Kier alpha value is -3.47. The van der Waals surface area contributed by atoms with Gasteiger partial charge in [0.25, 0.3) is 0 Å². The number of aromatic nitrogens is 2. The van der Waals surface area contributed by atoms with Crippen LogP contribution in [0.1, 0.15) is 12.0 Å². The number of carbonyl (C=O) groups is 1. The summed E-state index contributed by atoms with van der Waals surface area (Å²) in [5, 5.41) is 7.13. The second kappa shape index (κ2) is 9.99. The van der Waals surface area contributed by atoms with Crippen LogP contribution in [-0.2, 0) is 20.9 Å². The van der Waals surface area contributed by atoms with Crippen LogP contribution in [0.15, 0.2) is 30.6 Å². The van der Waals surface area contributed by atoms with Crippen molar-refractivity contribution >= 4 is 29.1 Å². The summed E-state index contributed by atoms with van der Waals surface area (Å²) >= 11 is 0. The molecule has 2 saturated heterocycles. The lowest BCUT2D eigenvalue weighted by atomic mass is 10.1. The lowest BCUT2D eigenvalue weighted by Crippen LogP contribution is -2.52. The maximum Gasteiger partial charge on any atom is 0.313 e. The SMILES string of the molecule is COC1CN(c2cnc(N3CCN(c4cccc(COC(=O)CC(=N)N)c4F)CC3)nc2)C1. The zero-order valence-corrected chi connectivity index (χ0v) is 18.5. The molecule has 0 spiro atoms. The molecule has 33 heavy (non-hydrogen) atoms. The second-order valence-electron chi connectivity index (χ2n) is 8.09. The van der Waals surface area contributed by atoms with Crippen molar-refractivity contribution < 1.29 is 18.7 Å². The van der Waals surface area contributed by atoms with Gasteiger partial charge >= 0.3 is 5.97 Å². The fourth-order valence-electron chi connectivity index (χ4n) is 3.87. The summed E-state index contributed by atoms with van der Waals surface area (Å²) in [6.07, 6.45) is 3.62. The van der Waals surface area contributed by atoms with Crippen LogP contribution in [-0.4, -0.2) is 74.3 Å². The third-order valence-electron chi connectivity index (χ3n) is 5.86. The summed E-state index contributed by atoms with van der Waals surface area (Å²) < 4.78 is 25.4. The average molecular weight is 458 g/mol. The lowest BCUT2D eigenvalue weighted by molar-refractivity contribution is -0.143. The van der Waals surface area contributed by atoms with E-state index in [0.29, 0.717) is 37.8 Å². The summed E-state index contributed by atoms with van der Waals surface area (Å²) in [5.41, 5.74) is 6.92. The van der Waals surface area contributed by atoms with Crippen molar-refractivity contribution in [1.29, 1.82) is 5.41 Å². The van der Waals surface area contributed by atoms with E-state index < -0.39 is 11.8 Å². The quantitative estimate of drug-likeness (QED) is 0.341. The largest absolute Gasteiger partial charge is 0.460 e. The highest BCUT2D eigenvalue weighted by Gasteiger charge is 2.27. The molecule has 176 valence electrons. The number of anilines is 3. The first-order valence-corrected chi connectivity index (χ1v) is 10.8. The molecule has 1 aromatic heterocycles. The number of benzene rings is 1. The topological polar surface area (TPSA) is 121 Å². The van der Waals surface area contributed by atoms with E-state index in [4.69, 9.17) is 20.6 Å². The Balaban J connectivity index is 1.32. The monoisotopic (exact) mass is 457 g/mol. The first-order chi connectivity index (χ1) is 15.9. The van der Waals surface area contributed by atoms with E-state index in [0.717, 1.165) is 18.8 Å². The van der Waals surface area contributed by atoms with E-state index in [1.807, 2.05) is 17.3 Å². The zero-order valence-electron chi connectivity index (χ0n) is 18.5. The number of carbonyl (C=O) groups excluding carboxylic acids is 1. The highest BCUT2D eigenvalue weighted by Crippen LogP contribution is 2.26. The van der Waals surface area contributed by atoms with Crippen LogP contribution in [0.3, 0.4) is 0 Å². The molecule has 0 atom stereocenters. The molecule has 1 aromatic carbocycles. The Morgan fingerprint density at radius 1 is 1.15 bits per heavy atom. The van der Waals surface area contributed by atoms with Crippen LogP contribution in [0.2, 0.25) is 0 Å². The van der Waals surface area contributed by atoms with Crippen LogP contribution in [0.25, 0.3) is 0 Å². The molecular formula is C22H28FN7O3. The predicted octanol–water partition coefficient (Wildman–Crippen LogP) is 1.15. The number of rotatable bonds is 8. The number of esters is 1. The average Bonchev–Trinajstić information content (AvgIpc) is 2.78. The molecule has 2 fully saturated rings. The zero-order chi connectivity index (χ0) is 23.4. The number of halogens is 1. The van der Waals surface area contributed by atoms with Gasteiger partial charge in [-0.15, -0.1) is 0 Å². The number of nitrogens with one attached hydrogen (secondary N) is 1.